The fraction of sp³-hybridized carbons (Fsp3) is 0.429. The van der Waals surface area contributed by atoms with Gasteiger partial charge in [0.1, 0.15) is 11.8 Å². The van der Waals surface area contributed by atoms with Crippen LogP contribution in [0.4, 0.5) is 0 Å². The molecule has 110 valence electrons. The van der Waals surface area contributed by atoms with Gasteiger partial charge >= 0.3 is 5.97 Å². The van der Waals surface area contributed by atoms with E-state index in [9.17, 15) is 9.59 Å². The first-order valence-electron chi connectivity index (χ1n) is 6.39. The van der Waals surface area contributed by atoms with Crippen LogP contribution in [0.5, 0.6) is 5.75 Å². The van der Waals surface area contributed by atoms with Crippen LogP contribution >= 0.6 is 15.9 Å². The number of benzene rings is 1. The zero-order chi connectivity index (χ0) is 15.1. The summed E-state index contributed by atoms with van der Waals surface area (Å²) in [5.74, 6) is -0.926. The molecule has 0 bridgehead atoms. The molecule has 1 aromatic rings. The number of hydrogen-bond donors (Lipinski definition) is 2. The maximum absolute atomic E-state index is 11.9. The van der Waals surface area contributed by atoms with E-state index >= 15 is 0 Å². The van der Waals surface area contributed by atoms with Crippen molar-refractivity contribution in [3.63, 3.8) is 0 Å². The zero-order valence-corrected chi connectivity index (χ0v) is 13.0. The minimum absolute atomic E-state index is 0.394. The lowest BCUT2D eigenvalue weighted by Crippen LogP contribution is -2.46. The highest BCUT2D eigenvalue weighted by atomic mass is 79.9. The number of rotatable bonds is 7. The van der Waals surface area contributed by atoms with Crippen molar-refractivity contribution in [2.24, 2.45) is 0 Å². The van der Waals surface area contributed by atoms with E-state index in [1.54, 1.807) is 25.1 Å². The van der Waals surface area contributed by atoms with Crippen LogP contribution in [0.15, 0.2) is 28.7 Å². The Balaban J connectivity index is 2.60. The van der Waals surface area contributed by atoms with Crippen LogP contribution in [-0.4, -0.2) is 29.1 Å². The van der Waals surface area contributed by atoms with Crippen molar-refractivity contribution in [3.05, 3.63) is 28.7 Å². The Kier molecular flexibility index (Phi) is 6.51. The second-order valence-corrected chi connectivity index (χ2v) is 5.32. The van der Waals surface area contributed by atoms with Gasteiger partial charge in [0, 0.05) is 4.47 Å². The van der Waals surface area contributed by atoms with Crippen molar-refractivity contribution in [3.8, 4) is 5.75 Å². The molecular formula is C14H18BrNO4. The van der Waals surface area contributed by atoms with Crippen LogP contribution < -0.4 is 10.1 Å². The van der Waals surface area contributed by atoms with Gasteiger partial charge in [-0.15, -0.1) is 0 Å². The average molecular weight is 344 g/mol. The Morgan fingerprint density at radius 2 is 2.15 bits per heavy atom. The molecule has 6 heteroatoms. The highest BCUT2D eigenvalue weighted by Gasteiger charge is 2.23. The second-order valence-electron chi connectivity index (χ2n) is 4.41. The van der Waals surface area contributed by atoms with E-state index in [-0.39, 0.29) is 0 Å². The van der Waals surface area contributed by atoms with Gasteiger partial charge in [0.15, 0.2) is 6.10 Å². The molecule has 0 saturated heterocycles. The van der Waals surface area contributed by atoms with E-state index in [0.717, 1.165) is 4.47 Å². The first kappa shape index (κ1) is 16.5. The molecular weight excluding hydrogens is 326 g/mol. The van der Waals surface area contributed by atoms with Gasteiger partial charge in [-0.2, -0.15) is 0 Å². The van der Waals surface area contributed by atoms with Crippen LogP contribution in [0, 0.1) is 0 Å². The number of carboxylic acid groups (broad SMARTS) is 1. The molecule has 0 radical (unpaired) electrons. The molecule has 0 aliphatic carbocycles. The summed E-state index contributed by atoms with van der Waals surface area (Å²) in [6.07, 6.45) is 0.311. The highest BCUT2D eigenvalue weighted by molar-refractivity contribution is 9.10. The fourth-order valence-corrected chi connectivity index (χ4v) is 2.01. The Bertz CT molecular complexity index is 478. The number of nitrogens with one attached hydrogen (secondary N) is 1. The van der Waals surface area contributed by atoms with Crippen LogP contribution in [0.25, 0.3) is 0 Å². The Morgan fingerprint density at radius 3 is 2.70 bits per heavy atom. The third kappa shape index (κ3) is 5.21. The minimum Gasteiger partial charge on any atom is -0.481 e. The monoisotopic (exact) mass is 343 g/mol. The van der Waals surface area contributed by atoms with Gasteiger partial charge in [-0.25, -0.2) is 4.79 Å². The van der Waals surface area contributed by atoms with Crippen LogP contribution in [0.2, 0.25) is 0 Å². The molecule has 0 heterocycles. The molecule has 0 aliphatic heterocycles. The molecule has 0 aromatic heterocycles. The summed E-state index contributed by atoms with van der Waals surface area (Å²) in [7, 11) is 0. The molecule has 20 heavy (non-hydrogen) atoms. The fourth-order valence-electron chi connectivity index (χ4n) is 1.63. The van der Waals surface area contributed by atoms with Crippen molar-refractivity contribution in [2.45, 2.75) is 38.8 Å². The SMILES string of the molecule is CCCC(NC(=O)C(C)Oc1cccc(Br)c1)C(=O)O. The van der Waals surface area contributed by atoms with Crippen molar-refractivity contribution in [1.82, 2.24) is 5.32 Å². The number of hydrogen-bond acceptors (Lipinski definition) is 3. The lowest BCUT2D eigenvalue weighted by atomic mass is 10.1. The first-order chi connectivity index (χ1) is 9.43. The molecule has 0 fully saturated rings. The number of carbonyl (C=O) groups excluding carboxylic acids is 1. The predicted molar refractivity (Wildman–Crippen MR) is 78.7 cm³/mol. The van der Waals surface area contributed by atoms with Crippen molar-refractivity contribution in [2.75, 3.05) is 0 Å². The van der Waals surface area contributed by atoms with Crippen LogP contribution in [0.1, 0.15) is 26.7 Å². The van der Waals surface area contributed by atoms with E-state index in [0.29, 0.717) is 18.6 Å². The predicted octanol–water partition coefficient (Wildman–Crippen LogP) is 2.59. The standard InChI is InChI=1S/C14H18BrNO4/c1-3-5-12(14(18)19)16-13(17)9(2)20-11-7-4-6-10(15)8-11/h4,6-9,12H,3,5H2,1-2H3,(H,16,17)(H,18,19). The number of ether oxygens (including phenoxy) is 1. The van der Waals surface area contributed by atoms with Gasteiger partial charge in [-0.3, -0.25) is 4.79 Å². The van der Waals surface area contributed by atoms with E-state index in [2.05, 4.69) is 21.2 Å². The summed E-state index contributed by atoms with van der Waals surface area (Å²) >= 11 is 3.31. The molecule has 1 rings (SSSR count). The van der Waals surface area contributed by atoms with Crippen molar-refractivity contribution in [1.29, 1.82) is 0 Å². The maximum Gasteiger partial charge on any atom is 0.326 e. The third-order valence-corrected chi connectivity index (χ3v) is 3.16. The third-order valence-electron chi connectivity index (χ3n) is 2.67. The smallest absolute Gasteiger partial charge is 0.326 e. The molecule has 5 nitrogen and oxygen atoms in total. The summed E-state index contributed by atoms with van der Waals surface area (Å²) in [5.41, 5.74) is 0. The number of carbonyl (C=O) groups is 2. The lowest BCUT2D eigenvalue weighted by molar-refractivity contribution is -0.143. The molecule has 0 saturated carbocycles. The quantitative estimate of drug-likeness (QED) is 0.797. The largest absolute Gasteiger partial charge is 0.481 e. The van der Waals surface area contributed by atoms with E-state index < -0.39 is 24.0 Å². The normalized spacial score (nSPS) is 13.3. The minimum atomic E-state index is -1.03. The lowest BCUT2D eigenvalue weighted by Gasteiger charge is -2.18. The maximum atomic E-state index is 11.9. The van der Waals surface area contributed by atoms with Crippen molar-refractivity contribution >= 4 is 27.8 Å². The van der Waals surface area contributed by atoms with E-state index in [4.69, 9.17) is 9.84 Å². The first-order valence-corrected chi connectivity index (χ1v) is 7.18. The van der Waals surface area contributed by atoms with E-state index in [1.807, 2.05) is 13.0 Å². The Hall–Kier alpha value is -1.56. The van der Waals surface area contributed by atoms with Gasteiger partial charge in [0.2, 0.25) is 0 Å². The summed E-state index contributed by atoms with van der Waals surface area (Å²) < 4.78 is 6.33. The summed E-state index contributed by atoms with van der Waals surface area (Å²) in [4.78, 5) is 22.9. The number of carboxylic acids is 1. The van der Waals surface area contributed by atoms with Crippen LogP contribution in [-0.2, 0) is 9.59 Å². The molecule has 1 amide bonds. The molecule has 1 aromatic carbocycles. The van der Waals surface area contributed by atoms with Gasteiger partial charge in [-0.1, -0.05) is 35.3 Å². The number of amides is 1. The molecule has 2 atom stereocenters. The summed E-state index contributed by atoms with van der Waals surface area (Å²) in [5, 5.41) is 11.5. The summed E-state index contributed by atoms with van der Waals surface area (Å²) in [6.45, 7) is 3.45. The van der Waals surface area contributed by atoms with Gasteiger partial charge in [0.25, 0.3) is 5.91 Å². The van der Waals surface area contributed by atoms with Crippen LogP contribution in [0.3, 0.4) is 0 Å². The Labute approximate surface area is 126 Å². The van der Waals surface area contributed by atoms with Gasteiger partial charge in [0.05, 0.1) is 0 Å². The summed E-state index contributed by atoms with van der Waals surface area (Å²) in [6, 6.07) is 6.24. The second kappa shape index (κ2) is 7.89. The molecule has 0 aliphatic rings. The zero-order valence-electron chi connectivity index (χ0n) is 11.4. The molecule has 2 N–H and O–H groups in total. The average Bonchev–Trinajstić information content (AvgIpc) is 2.37. The van der Waals surface area contributed by atoms with Crippen molar-refractivity contribution < 1.29 is 19.4 Å². The van der Waals surface area contributed by atoms with Gasteiger partial charge < -0.3 is 15.2 Å². The number of halogens is 1. The topological polar surface area (TPSA) is 75.6 Å². The van der Waals surface area contributed by atoms with E-state index in [1.165, 1.54) is 0 Å². The molecule has 2 unspecified atom stereocenters. The number of aliphatic carboxylic acids is 1. The molecule has 0 spiro atoms. The Morgan fingerprint density at radius 1 is 1.45 bits per heavy atom. The highest BCUT2D eigenvalue weighted by Crippen LogP contribution is 2.18. The van der Waals surface area contributed by atoms with Gasteiger partial charge in [-0.05, 0) is 31.5 Å².